The summed E-state index contributed by atoms with van der Waals surface area (Å²) in [6, 6.07) is 0. The second-order valence-electron chi connectivity index (χ2n) is 10.8. The Morgan fingerprint density at radius 3 is 1.11 bits per heavy atom. The molecule has 2 atom stereocenters. The molecular weight excluding hydrogens is 352 g/mol. The summed E-state index contributed by atoms with van der Waals surface area (Å²) in [6.45, 7) is 25.2. The van der Waals surface area contributed by atoms with Crippen molar-refractivity contribution < 1.29 is 20.4 Å². The molecule has 0 aromatic heterocycles. The zero-order valence-corrected chi connectivity index (χ0v) is 21.3. The molecule has 0 rings (SSSR count). The quantitative estimate of drug-likeness (QED) is 0.457. The fourth-order valence-electron chi connectivity index (χ4n) is 1.52. The first kappa shape index (κ1) is 35.3. The number of rotatable bonds is 6. The van der Waals surface area contributed by atoms with E-state index in [1.54, 1.807) is 6.92 Å². The molecule has 0 aliphatic heterocycles. The van der Waals surface area contributed by atoms with E-state index < -0.39 is 0 Å². The van der Waals surface area contributed by atoms with Crippen molar-refractivity contribution in [2.24, 2.45) is 22.7 Å². The average Bonchev–Trinajstić information content (AvgIpc) is 2.43. The number of hydrogen-bond acceptors (Lipinski definition) is 4. The van der Waals surface area contributed by atoms with Gasteiger partial charge in [-0.15, -0.1) is 0 Å². The van der Waals surface area contributed by atoms with E-state index >= 15 is 0 Å². The molecule has 176 valence electrons. The number of aliphatic hydroxyl groups excluding tert-OH is 4. The van der Waals surface area contributed by atoms with E-state index in [1.807, 2.05) is 27.7 Å². The van der Waals surface area contributed by atoms with Crippen molar-refractivity contribution in [3.05, 3.63) is 0 Å². The predicted octanol–water partition coefficient (Wildman–Crippen LogP) is 5.66. The molecule has 4 N–H and O–H groups in total. The maximum atomic E-state index is 8.89. The summed E-state index contributed by atoms with van der Waals surface area (Å²) >= 11 is 0. The predicted molar refractivity (Wildman–Crippen MR) is 125 cm³/mol. The first-order valence-corrected chi connectivity index (χ1v) is 11.0. The Hall–Kier alpha value is -0.160. The van der Waals surface area contributed by atoms with Crippen molar-refractivity contribution >= 4 is 0 Å². The van der Waals surface area contributed by atoms with Crippen LogP contribution in [0.1, 0.15) is 109 Å². The van der Waals surface area contributed by atoms with Gasteiger partial charge >= 0.3 is 0 Å². The van der Waals surface area contributed by atoms with Crippen LogP contribution < -0.4 is 0 Å². The maximum absolute atomic E-state index is 8.89. The van der Waals surface area contributed by atoms with Crippen LogP contribution >= 0.6 is 0 Å². The zero-order valence-electron chi connectivity index (χ0n) is 21.3. The lowest BCUT2D eigenvalue weighted by Crippen LogP contribution is -2.21. The smallest absolute Gasteiger partial charge is 0.0560 e. The summed E-state index contributed by atoms with van der Waals surface area (Å²) < 4.78 is 0. The van der Waals surface area contributed by atoms with Crippen LogP contribution in [0.5, 0.6) is 0 Å². The first-order chi connectivity index (χ1) is 12.4. The maximum Gasteiger partial charge on any atom is 0.0560 e. The fourth-order valence-corrected chi connectivity index (χ4v) is 1.52. The molecule has 0 bridgehead atoms. The Morgan fingerprint density at radius 2 is 1.07 bits per heavy atom. The lowest BCUT2D eigenvalue weighted by atomic mass is 9.91. The minimum absolute atomic E-state index is 0.0556. The largest absolute Gasteiger partial charge is 0.396 e. The van der Waals surface area contributed by atoms with Crippen molar-refractivity contribution in [1.29, 1.82) is 0 Å². The van der Waals surface area contributed by atoms with Crippen molar-refractivity contribution in [3.63, 3.8) is 0 Å². The Bertz CT molecular complexity index is 278. The molecule has 0 aliphatic rings. The molecule has 0 saturated carbocycles. The van der Waals surface area contributed by atoms with Gasteiger partial charge in [-0.3, -0.25) is 0 Å². The Morgan fingerprint density at radius 1 is 0.679 bits per heavy atom. The van der Waals surface area contributed by atoms with Crippen LogP contribution in [0, 0.1) is 22.7 Å². The van der Waals surface area contributed by atoms with Gasteiger partial charge in [0.05, 0.1) is 12.2 Å². The lowest BCUT2D eigenvalue weighted by molar-refractivity contribution is 0.0801. The van der Waals surface area contributed by atoms with Crippen LogP contribution in [0.3, 0.4) is 0 Å². The molecule has 28 heavy (non-hydrogen) atoms. The molecule has 0 aliphatic carbocycles. The van der Waals surface area contributed by atoms with E-state index in [2.05, 4.69) is 48.5 Å². The minimum atomic E-state index is -0.201. The standard InChI is InChI=1S/4C6H14O/c1-6(2,3)4-5-7;1-5(7)6(2,3)4;1-5(2)4-6(3)7;1-6(2)4-3-5-7/h7H,4-5H2,1-3H3;5,7H,1-4H3;5-7H,4H2,1-3H3;6-7H,3-5H2,1-2H3. The van der Waals surface area contributed by atoms with Gasteiger partial charge < -0.3 is 20.4 Å². The van der Waals surface area contributed by atoms with Crippen molar-refractivity contribution in [1.82, 2.24) is 0 Å². The molecule has 0 radical (unpaired) electrons. The van der Waals surface area contributed by atoms with E-state index in [1.165, 1.54) is 0 Å². The highest BCUT2D eigenvalue weighted by Gasteiger charge is 2.15. The van der Waals surface area contributed by atoms with Crippen LogP contribution in [0.4, 0.5) is 0 Å². The van der Waals surface area contributed by atoms with Gasteiger partial charge in [-0.25, -0.2) is 0 Å². The fraction of sp³-hybridized carbons (Fsp3) is 1.00. The monoisotopic (exact) mass is 408 g/mol. The molecule has 4 heteroatoms. The molecular formula is C24H56O4. The summed E-state index contributed by atoms with van der Waals surface area (Å²) in [4.78, 5) is 0. The Balaban J connectivity index is -0.000000137. The highest BCUT2D eigenvalue weighted by Crippen LogP contribution is 2.17. The van der Waals surface area contributed by atoms with E-state index in [0.717, 1.165) is 31.6 Å². The van der Waals surface area contributed by atoms with Gasteiger partial charge in [0.15, 0.2) is 0 Å². The lowest BCUT2D eigenvalue weighted by Gasteiger charge is -2.21. The number of aliphatic hydroxyl groups is 4. The molecule has 0 aromatic rings. The van der Waals surface area contributed by atoms with Crippen LogP contribution in [-0.2, 0) is 0 Å². The third-order valence-corrected chi connectivity index (χ3v) is 3.87. The topological polar surface area (TPSA) is 80.9 Å². The SMILES string of the molecule is CC(C)(C)CCO.CC(C)CC(C)O.CC(C)CCCO.CC(O)C(C)(C)C. The summed E-state index contributed by atoms with van der Waals surface area (Å²) in [6.07, 6.45) is 3.59. The van der Waals surface area contributed by atoms with Crippen molar-refractivity contribution in [3.8, 4) is 0 Å². The van der Waals surface area contributed by atoms with Gasteiger partial charge in [0.2, 0.25) is 0 Å². The molecule has 0 fully saturated rings. The molecule has 0 aromatic carbocycles. The third-order valence-electron chi connectivity index (χ3n) is 3.87. The summed E-state index contributed by atoms with van der Waals surface area (Å²) in [5, 5.41) is 34.3. The van der Waals surface area contributed by atoms with Crippen LogP contribution in [0.15, 0.2) is 0 Å². The van der Waals surface area contributed by atoms with Gasteiger partial charge in [-0.2, -0.15) is 0 Å². The third kappa shape index (κ3) is 50.1. The zero-order chi connectivity index (χ0) is 23.6. The second kappa shape index (κ2) is 20.1. The van der Waals surface area contributed by atoms with Crippen LogP contribution in [0.25, 0.3) is 0 Å². The second-order valence-corrected chi connectivity index (χ2v) is 10.8. The van der Waals surface area contributed by atoms with Gasteiger partial charge in [0.1, 0.15) is 0 Å². The summed E-state index contributed by atoms with van der Waals surface area (Å²) in [5.41, 5.74) is 0.356. The molecule has 2 unspecified atom stereocenters. The van der Waals surface area contributed by atoms with Crippen molar-refractivity contribution in [2.75, 3.05) is 13.2 Å². The summed E-state index contributed by atoms with van der Waals surface area (Å²) in [5.74, 6) is 1.37. The van der Waals surface area contributed by atoms with Crippen LogP contribution in [-0.4, -0.2) is 45.8 Å². The van der Waals surface area contributed by atoms with E-state index in [0.29, 0.717) is 24.5 Å². The van der Waals surface area contributed by atoms with Crippen LogP contribution in [0.2, 0.25) is 0 Å². The first-order valence-electron chi connectivity index (χ1n) is 11.0. The van der Waals surface area contributed by atoms with Gasteiger partial charge in [-0.1, -0.05) is 69.2 Å². The molecule has 0 amide bonds. The highest BCUT2D eigenvalue weighted by molar-refractivity contribution is 4.66. The van der Waals surface area contributed by atoms with Gasteiger partial charge in [0, 0.05) is 13.2 Å². The van der Waals surface area contributed by atoms with E-state index in [-0.39, 0.29) is 17.6 Å². The average molecular weight is 409 g/mol. The van der Waals surface area contributed by atoms with E-state index in [4.69, 9.17) is 20.4 Å². The molecule has 4 nitrogen and oxygen atoms in total. The Labute approximate surface area is 177 Å². The Kier molecular flexibility index (Phi) is 25.4. The molecule has 0 saturated heterocycles. The van der Waals surface area contributed by atoms with Crippen molar-refractivity contribution in [2.45, 2.75) is 121 Å². The summed E-state index contributed by atoms with van der Waals surface area (Å²) in [7, 11) is 0. The molecule has 0 heterocycles. The van der Waals surface area contributed by atoms with E-state index in [9.17, 15) is 0 Å². The normalized spacial score (nSPS) is 13.5. The minimum Gasteiger partial charge on any atom is -0.396 e. The highest BCUT2D eigenvalue weighted by atomic mass is 16.3. The molecule has 0 spiro atoms. The number of hydrogen-bond donors (Lipinski definition) is 4. The van der Waals surface area contributed by atoms with Gasteiger partial charge in [0.25, 0.3) is 0 Å². The van der Waals surface area contributed by atoms with Gasteiger partial charge in [-0.05, 0) is 62.2 Å².